The molecule has 0 aliphatic rings. The van der Waals surface area contributed by atoms with Crippen molar-refractivity contribution in [2.75, 3.05) is 13.7 Å². The molecule has 0 unspecified atom stereocenters. The molecule has 0 saturated heterocycles. The second-order valence-corrected chi connectivity index (χ2v) is 6.04. The summed E-state index contributed by atoms with van der Waals surface area (Å²) in [5.74, 6) is 0.895. The topological polar surface area (TPSA) is 35.2 Å². The van der Waals surface area contributed by atoms with Gasteiger partial charge >= 0.3 is 0 Å². The van der Waals surface area contributed by atoms with Crippen molar-refractivity contribution in [2.24, 2.45) is 5.73 Å². The number of hydrogen-bond donors (Lipinski definition) is 1. The Bertz CT molecular complexity index is 560. The van der Waals surface area contributed by atoms with Crippen molar-refractivity contribution in [3.8, 4) is 5.75 Å². The molecule has 0 aliphatic heterocycles. The van der Waals surface area contributed by atoms with E-state index in [1.54, 1.807) is 18.9 Å². The highest BCUT2D eigenvalue weighted by Gasteiger charge is 2.08. The van der Waals surface area contributed by atoms with Gasteiger partial charge in [-0.1, -0.05) is 45.9 Å². The highest BCUT2D eigenvalue weighted by Crippen LogP contribution is 2.37. The Kier molecular flexibility index (Phi) is 5.31. The Morgan fingerprint density at radius 1 is 1.16 bits per heavy atom. The number of para-hydroxylation sites is 1. The summed E-state index contributed by atoms with van der Waals surface area (Å²) < 4.78 is 6.47. The van der Waals surface area contributed by atoms with E-state index in [0.29, 0.717) is 6.54 Å². The van der Waals surface area contributed by atoms with Gasteiger partial charge in [-0.3, -0.25) is 0 Å². The number of halogens is 1. The van der Waals surface area contributed by atoms with Gasteiger partial charge < -0.3 is 10.5 Å². The molecule has 0 atom stereocenters. The molecule has 0 bridgehead atoms. The van der Waals surface area contributed by atoms with Crippen molar-refractivity contribution in [2.45, 2.75) is 16.2 Å². The number of hydrogen-bond acceptors (Lipinski definition) is 3. The van der Waals surface area contributed by atoms with Gasteiger partial charge in [0.05, 0.1) is 12.0 Å². The molecule has 19 heavy (non-hydrogen) atoms. The molecule has 0 radical (unpaired) electrons. The zero-order valence-corrected chi connectivity index (χ0v) is 13.1. The molecule has 2 aromatic carbocycles. The lowest BCUT2D eigenvalue weighted by molar-refractivity contribution is 0.405. The van der Waals surface area contributed by atoms with E-state index in [4.69, 9.17) is 10.5 Å². The van der Waals surface area contributed by atoms with Crippen LogP contribution in [0.5, 0.6) is 5.75 Å². The summed E-state index contributed by atoms with van der Waals surface area (Å²) in [7, 11) is 1.70. The van der Waals surface area contributed by atoms with Gasteiger partial charge in [-0.05, 0) is 42.8 Å². The molecule has 2 rings (SSSR count). The van der Waals surface area contributed by atoms with Crippen LogP contribution in [0, 0.1) is 0 Å². The summed E-state index contributed by atoms with van der Waals surface area (Å²) in [6.07, 6.45) is 0.880. The Morgan fingerprint density at radius 3 is 2.68 bits per heavy atom. The van der Waals surface area contributed by atoms with Gasteiger partial charge in [-0.25, -0.2) is 0 Å². The van der Waals surface area contributed by atoms with Crippen LogP contribution in [0.3, 0.4) is 0 Å². The fraction of sp³-hybridized carbons (Fsp3) is 0.200. The van der Waals surface area contributed by atoms with Gasteiger partial charge in [0, 0.05) is 9.37 Å². The van der Waals surface area contributed by atoms with E-state index < -0.39 is 0 Å². The Labute approximate surface area is 126 Å². The highest BCUT2D eigenvalue weighted by atomic mass is 79.9. The van der Waals surface area contributed by atoms with Crippen LogP contribution >= 0.6 is 27.7 Å². The van der Waals surface area contributed by atoms with Crippen molar-refractivity contribution >= 4 is 27.7 Å². The lowest BCUT2D eigenvalue weighted by Gasteiger charge is -2.11. The molecule has 2 aromatic rings. The summed E-state index contributed by atoms with van der Waals surface area (Å²) in [5.41, 5.74) is 6.94. The van der Waals surface area contributed by atoms with Crippen molar-refractivity contribution in [1.82, 2.24) is 0 Å². The summed E-state index contributed by atoms with van der Waals surface area (Å²) in [4.78, 5) is 2.32. The number of rotatable bonds is 5. The van der Waals surface area contributed by atoms with E-state index >= 15 is 0 Å². The minimum atomic E-state index is 0.654. The molecule has 2 N–H and O–H groups in total. The fourth-order valence-corrected chi connectivity index (χ4v) is 3.44. The number of benzene rings is 2. The van der Waals surface area contributed by atoms with Gasteiger partial charge in [0.1, 0.15) is 5.75 Å². The maximum absolute atomic E-state index is 5.67. The van der Waals surface area contributed by atoms with Crippen LogP contribution in [0.15, 0.2) is 56.7 Å². The van der Waals surface area contributed by atoms with Crippen molar-refractivity contribution in [1.29, 1.82) is 0 Å². The molecule has 4 heteroatoms. The van der Waals surface area contributed by atoms with E-state index in [1.807, 2.05) is 18.2 Å². The average Bonchev–Trinajstić information content (AvgIpc) is 2.42. The first-order valence-electron chi connectivity index (χ1n) is 6.04. The lowest BCUT2D eigenvalue weighted by atomic mass is 10.1. The third-order valence-corrected chi connectivity index (χ3v) is 4.38. The molecular formula is C15H16BrNOS. The van der Waals surface area contributed by atoms with Gasteiger partial charge in [0.25, 0.3) is 0 Å². The highest BCUT2D eigenvalue weighted by molar-refractivity contribution is 9.10. The van der Waals surface area contributed by atoms with Crippen molar-refractivity contribution < 1.29 is 4.74 Å². The Balaban J connectivity index is 2.34. The van der Waals surface area contributed by atoms with Gasteiger partial charge in [0.2, 0.25) is 0 Å². The van der Waals surface area contributed by atoms with Crippen LogP contribution in [-0.2, 0) is 6.42 Å². The van der Waals surface area contributed by atoms with E-state index in [0.717, 1.165) is 21.5 Å². The van der Waals surface area contributed by atoms with Crippen LogP contribution in [0.25, 0.3) is 0 Å². The normalized spacial score (nSPS) is 10.5. The predicted molar refractivity (Wildman–Crippen MR) is 84.0 cm³/mol. The molecule has 0 fully saturated rings. The monoisotopic (exact) mass is 337 g/mol. The van der Waals surface area contributed by atoms with Crippen LogP contribution in [-0.4, -0.2) is 13.7 Å². The number of ether oxygens (including phenoxy) is 1. The summed E-state index contributed by atoms with van der Waals surface area (Å²) in [6.45, 7) is 0.654. The maximum atomic E-state index is 5.67. The van der Waals surface area contributed by atoms with Crippen molar-refractivity contribution in [3.63, 3.8) is 0 Å². The smallest absolute Gasteiger partial charge is 0.132 e. The molecule has 0 spiro atoms. The second kappa shape index (κ2) is 6.98. The summed E-state index contributed by atoms with van der Waals surface area (Å²) in [6, 6.07) is 14.3. The van der Waals surface area contributed by atoms with Crippen molar-refractivity contribution in [3.05, 3.63) is 52.5 Å². The van der Waals surface area contributed by atoms with Crippen LogP contribution in [0.4, 0.5) is 0 Å². The van der Waals surface area contributed by atoms with Crippen LogP contribution in [0.1, 0.15) is 5.56 Å². The van der Waals surface area contributed by atoms with Gasteiger partial charge in [-0.2, -0.15) is 0 Å². The summed E-state index contributed by atoms with van der Waals surface area (Å²) in [5, 5.41) is 0. The SMILES string of the molecule is COc1ccccc1Sc1cc(Br)ccc1CCN. The van der Waals surface area contributed by atoms with Gasteiger partial charge in [-0.15, -0.1) is 0 Å². The van der Waals surface area contributed by atoms with Crippen LogP contribution in [0.2, 0.25) is 0 Å². The van der Waals surface area contributed by atoms with E-state index in [-0.39, 0.29) is 0 Å². The van der Waals surface area contributed by atoms with E-state index in [1.165, 1.54) is 10.5 Å². The molecular weight excluding hydrogens is 322 g/mol. The number of nitrogens with two attached hydrogens (primary N) is 1. The first kappa shape index (κ1) is 14.4. The molecule has 0 aliphatic carbocycles. The zero-order chi connectivity index (χ0) is 13.7. The summed E-state index contributed by atoms with van der Waals surface area (Å²) >= 11 is 5.23. The first-order chi connectivity index (χ1) is 9.24. The second-order valence-electron chi connectivity index (χ2n) is 4.04. The molecule has 2 nitrogen and oxygen atoms in total. The maximum Gasteiger partial charge on any atom is 0.132 e. The van der Waals surface area contributed by atoms with E-state index in [2.05, 4.69) is 40.2 Å². The standard InChI is InChI=1S/C15H16BrNOS/c1-18-13-4-2-3-5-14(13)19-15-10-12(16)7-6-11(15)8-9-17/h2-7,10H,8-9,17H2,1H3. The minimum Gasteiger partial charge on any atom is -0.496 e. The Morgan fingerprint density at radius 2 is 1.95 bits per heavy atom. The average molecular weight is 338 g/mol. The molecule has 100 valence electrons. The third kappa shape index (κ3) is 3.75. The first-order valence-corrected chi connectivity index (χ1v) is 7.65. The fourth-order valence-electron chi connectivity index (χ4n) is 1.81. The minimum absolute atomic E-state index is 0.654. The largest absolute Gasteiger partial charge is 0.496 e. The molecule has 0 aromatic heterocycles. The zero-order valence-electron chi connectivity index (χ0n) is 10.7. The molecule has 0 saturated carbocycles. The van der Waals surface area contributed by atoms with Crippen LogP contribution < -0.4 is 10.5 Å². The molecule has 0 amide bonds. The third-order valence-electron chi connectivity index (χ3n) is 2.73. The molecule has 0 heterocycles. The van der Waals surface area contributed by atoms with Gasteiger partial charge in [0.15, 0.2) is 0 Å². The number of methoxy groups -OCH3 is 1. The van der Waals surface area contributed by atoms with E-state index in [9.17, 15) is 0 Å². The quantitative estimate of drug-likeness (QED) is 0.891. The lowest BCUT2D eigenvalue weighted by Crippen LogP contribution is -2.03. The Hall–Kier alpha value is -0.970. The predicted octanol–water partition coefficient (Wildman–Crippen LogP) is 4.11.